The number of nitrogens with zero attached hydrogens (tertiary/aromatic N) is 1. The van der Waals surface area contributed by atoms with Gasteiger partial charge in [0.2, 0.25) is 0 Å². The van der Waals surface area contributed by atoms with Gasteiger partial charge in [-0.05, 0) is 92.6 Å². The van der Waals surface area contributed by atoms with E-state index in [1.165, 1.54) is 11.6 Å². The van der Waals surface area contributed by atoms with Crippen LogP contribution in [-0.4, -0.2) is 21.6 Å². The summed E-state index contributed by atoms with van der Waals surface area (Å²) in [5.41, 5.74) is 8.49. The molecular formula is C30H34FNO3. The third-order valence-corrected chi connectivity index (χ3v) is 6.67. The minimum atomic E-state index is -1.09. The molecule has 1 N–H and O–H groups in total. The van der Waals surface area contributed by atoms with Crippen molar-refractivity contribution in [2.45, 2.75) is 72.9 Å². The topological polar surface area (TPSA) is 49.8 Å². The lowest BCUT2D eigenvalue weighted by Gasteiger charge is -2.30. The van der Waals surface area contributed by atoms with Crippen molar-refractivity contribution >= 4 is 5.97 Å². The maximum absolute atomic E-state index is 13.8. The largest absolute Gasteiger partial charge is 0.479 e. The van der Waals surface area contributed by atoms with Crippen LogP contribution in [0.3, 0.4) is 0 Å². The van der Waals surface area contributed by atoms with Crippen molar-refractivity contribution in [2.75, 3.05) is 0 Å². The number of hydrogen-bond donors (Lipinski definition) is 1. The van der Waals surface area contributed by atoms with E-state index in [4.69, 9.17) is 4.74 Å². The highest BCUT2D eigenvalue weighted by molar-refractivity contribution is 5.84. The molecule has 0 aromatic heterocycles. The summed E-state index contributed by atoms with van der Waals surface area (Å²) in [7, 11) is 0. The monoisotopic (exact) mass is 475 g/mol. The molecule has 0 saturated carbocycles. The van der Waals surface area contributed by atoms with Crippen molar-refractivity contribution in [3.8, 4) is 11.1 Å². The molecule has 0 saturated heterocycles. The number of halogens is 1. The van der Waals surface area contributed by atoms with E-state index in [0.717, 1.165) is 51.1 Å². The van der Waals surface area contributed by atoms with Gasteiger partial charge in [-0.15, -0.1) is 0 Å². The molecule has 1 atom stereocenters. The summed E-state index contributed by atoms with van der Waals surface area (Å²) >= 11 is 0. The second-order valence-corrected chi connectivity index (χ2v) is 10.6. The van der Waals surface area contributed by atoms with Gasteiger partial charge in [-0.1, -0.05) is 42.0 Å². The Labute approximate surface area is 207 Å². The lowest BCUT2D eigenvalue weighted by Crippen LogP contribution is -2.28. The fourth-order valence-electron chi connectivity index (χ4n) is 5.10. The Kier molecular flexibility index (Phi) is 6.85. The van der Waals surface area contributed by atoms with Crippen molar-refractivity contribution in [3.63, 3.8) is 0 Å². The highest BCUT2D eigenvalue weighted by atomic mass is 19.1. The zero-order valence-electron chi connectivity index (χ0n) is 21.4. The first-order valence-corrected chi connectivity index (χ1v) is 12.0. The number of ether oxygens (including phenoxy) is 1. The predicted molar refractivity (Wildman–Crippen MR) is 137 cm³/mol. The van der Waals surface area contributed by atoms with E-state index >= 15 is 0 Å². The number of carboxylic acid groups (broad SMARTS) is 1. The maximum atomic E-state index is 13.8. The summed E-state index contributed by atoms with van der Waals surface area (Å²) in [6, 6.07) is 14.9. The molecule has 0 fully saturated rings. The Morgan fingerprint density at radius 3 is 2.23 bits per heavy atom. The lowest BCUT2D eigenvalue weighted by atomic mass is 9.83. The third kappa shape index (κ3) is 5.31. The van der Waals surface area contributed by atoms with Crippen molar-refractivity contribution in [3.05, 3.63) is 93.3 Å². The number of carboxylic acids is 1. The molecule has 0 spiro atoms. The van der Waals surface area contributed by atoms with Crippen LogP contribution < -0.4 is 0 Å². The first-order valence-electron chi connectivity index (χ1n) is 12.0. The van der Waals surface area contributed by atoms with E-state index in [1.807, 2.05) is 40.7 Å². The van der Waals surface area contributed by atoms with Crippen LogP contribution in [0, 0.1) is 26.6 Å². The molecule has 4 rings (SSSR count). The smallest absolute Gasteiger partial charge is 0.337 e. The third-order valence-electron chi connectivity index (χ3n) is 6.67. The number of carbonyl (C=O) groups is 1. The molecule has 0 aliphatic carbocycles. The van der Waals surface area contributed by atoms with Gasteiger partial charge < -0.3 is 9.84 Å². The average Bonchev–Trinajstić information content (AvgIpc) is 3.19. The number of fused-ring (bicyclic) bond motifs is 1. The molecule has 1 heterocycles. The molecule has 1 unspecified atom stereocenters. The summed E-state index contributed by atoms with van der Waals surface area (Å²) in [5.74, 6) is -1.23. The normalized spacial score (nSPS) is 14.7. The molecule has 5 heteroatoms. The van der Waals surface area contributed by atoms with Gasteiger partial charge in [0.25, 0.3) is 0 Å². The Hall–Kier alpha value is -3.02. The zero-order chi connectivity index (χ0) is 25.5. The van der Waals surface area contributed by atoms with Crippen molar-refractivity contribution in [1.29, 1.82) is 0 Å². The van der Waals surface area contributed by atoms with Crippen LogP contribution >= 0.6 is 0 Å². The van der Waals surface area contributed by atoms with Gasteiger partial charge in [-0.3, -0.25) is 4.90 Å². The zero-order valence-corrected chi connectivity index (χ0v) is 21.4. The quantitative estimate of drug-likeness (QED) is 0.422. The minimum absolute atomic E-state index is 0.237. The standard InChI is InChI=1S/C30H34FNO3/c1-18-10-12-22(13-11-18)26-19(2)24-16-32(15-21-8-7-9-23(31)14-21)17-25(24)20(3)27(26)28(29(33)34)35-30(4,5)6/h7-14,28H,15-17H2,1-6H3,(H,33,34). The highest BCUT2D eigenvalue weighted by Crippen LogP contribution is 2.43. The molecule has 3 aromatic carbocycles. The van der Waals surface area contributed by atoms with Crippen LogP contribution in [0.2, 0.25) is 0 Å². The van der Waals surface area contributed by atoms with E-state index in [0.29, 0.717) is 13.1 Å². The Balaban J connectivity index is 1.86. The molecule has 4 nitrogen and oxygen atoms in total. The van der Waals surface area contributed by atoms with Crippen molar-refractivity contribution < 1.29 is 19.0 Å². The lowest BCUT2D eigenvalue weighted by molar-refractivity contribution is -0.160. The second kappa shape index (κ2) is 9.56. The number of benzene rings is 3. The van der Waals surface area contributed by atoms with Gasteiger partial charge >= 0.3 is 5.97 Å². The Bertz CT molecular complexity index is 1260. The molecule has 0 amide bonds. The van der Waals surface area contributed by atoms with E-state index in [1.54, 1.807) is 12.1 Å². The van der Waals surface area contributed by atoms with Gasteiger partial charge in [0, 0.05) is 25.2 Å². The maximum Gasteiger partial charge on any atom is 0.337 e. The van der Waals surface area contributed by atoms with Gasteiger partial charge in [0.1, 0.15) is 5.82 Å². The first-order chi connectivity index (χ1) is 16.4. The predicted octanol–water partition coefficient (Wildman–Crippen LogP) is 6.87. The number of rotatable bonds is 6. The molecule has 0 radical (unpaired) electrons. The van der Waals surface area contributed by atoms with Crippen LogP contribution in [0.1, 0.15) is 65.8 Å². The van der Waals surface area contributed by atoms with E-state index in [9.17, 15) is 14.3 Å². The van der Waals surface area contributed by atoms with E-state index in [-0.39, 0.29) is 5.82 Å². The van der Waals surface area contributed by atoms with Crippen molar-refractivity contribution in [2.24, 2.45) is 0 Å². The van der Waals surface area contributed by atoms with E-state index < -0.39 is 17.7 Å². The number of aryl methyl sites for hydroxylation is 1. The van der Waals surface area contributed by atoms with Gasteiger partial charge in [-0.25, -0.2) is 9.18 Å². The fraction of sp³-hybridized carbons (Fsp3) is 0.367. The molecule has 1 aliphatic rings. The first kappa shape index (κ1) is 25.1. The number of hydrogen-bond acceptors (Lipinski definition) is 3. The van der Waals surface area contributed by atoms with Crippen LogP contribution in [0.5, 0.6) is 0 Å². The Morgan fingerprint density at radius 2 is 1.66 bits per heavy atom. The molecule has 184 valence electrons. The molecular weight excluding hydrogens is 441 g/mol. The molecule has 0 bridgehead atoms. The van der Waals surface area contributed by atoms with Crippen molar-refractivity contribution in [1.82, 2.24) is 4.90 Å². The van der Waals surface area contributed by atoms with Gasteiger partial charge in [-0.2, -0.15) is 0 Å². The fourth-order valence-corrected chi connectivity index (χ4v) is 5.10. The summed E-state index contributed by atoms with van der Waals surface area (Å²) in [4.78, 5) is 14.8. The van der Waals surface area contributed by atoms with Gasteiger partial charge in [0.15, 0.2) is 6.10 Å². The Morgan fingerprint density at radius 1 is 1.03 bits per heavy atom. The van der Waals surface area contributed by atoms with Crippen LogP contribution in [0.15, 0.2) is 48.5 Å². The van der Waals surface area contributed by atoms with Gasteiger partial charge in [0.05, 0.1) is 5.60 Å². The van der Waals surface area contributed by atoms with Crippen LogP contribution in [0.4, 0.5) is 4.39 Å². The number of aliphatic carboxylic acids is 1. The van der Waals surface area contributed by atoms with Crippen LogP contribution in [-0.2, 0) is 29.2 Å². The minimum Gasteiger partial charge on any atom is -0.479 e. The summed E-state index contributed by atoms with van der Waals surface area (Å²) in [6.07, 6.45) is -1.09. The van der Waals surface area contributed by atoms with E-state index in [2.05, 4.69) is 36.1 Å². The molecule has 3 aromatic rings. The summed E-state index contributed by atoms with van der Waals surface area (Å²) in [5, 5.41) is 10.3. The average molecular weight is 476 g/mol. The molecule has 35 heavy (non-hydrogen) atoms. The highest BCUT2D eigenvalue weighted by Gasteiger charge is 2.35. The SMILES string of the molecule is Cc1ccc(-c2c(C)c3c(c(C)c2C(OC(C)(C)C)C(=O)O)CN(Cc2cccc(F)c2)C3)cc1. The van der Waals surface area contributed by atoms with Crippen LogP contribution in [0.25, 0.3) is 11.1 Å². The second-order valence-electron chi connectivity index (χ2n) is 10.6. The summed E-state index contributed by atoms with van der Waals surface area (Å²) in [6.45, 7) is 13.8. The molecule has 1 aliphatic heterocycles. The summed E-state index contributed by atoms with van der Waals surface area (Å²) < 4.78 is 19.9.